The molecule has 2 heterocycles. The van der Waals surface area contributed by atoms with Gasteiger partial charge in [-0.1, -0.05) is 13.8 Å². The van der Waals surface area contributed by atoms with Gasteiger partial charge in [-0.15, -0.1) is 11.3 Å². The number of carbonyl (C=O) groups is 1. The van der Waals surface area contributed by atoms with Gasteiger partial charge < -0.3 is 10.1 Å². The molecule has 1 amide bonds. The van der Waals surface area contributed by atoms with E-state index in [1.165, 1.54) is 0 Å². The molecule has 0 unspecified atom stereocenters. The van der Waals surface area contributed by atoms with Crippen LogP contribution in [0.2, 0.25) is 0 Å². The summed E-state index contributed by atoms with van der Waals surface area (Å²) in [6, 6.07) is 5.79. The minimum Gasteiger partial charge on any atom is -0.476 e. The summed E-state index contributed by atoms with van der Waals surface area (Å²) >= 11 is 1.66. The number of nitrogens with one attached hydrogen (secondary N) is 1. The lowest BCUT2D eigenvalue weighted by Crippen LogP contribution is -2.45. The van der Waals surface area contributed by atoms with Gasteiger partial charge in [0.1, 0.15) is 5.75 Å². The Bertz CT molecular complexity index is 704. The summed E-state index contributed by atoms with van der Waals surface area (Å²) in [5.74, 6) is 0.987. The second-order valence-electron chi connectivity index (χ2n) is 6.00. The molecule has 1 aliphatic rings. The van der Waals surface area contributed by atoms with Crippen molar-refractivity contribution in [3.63, 3.8) is 0 Å². The average molecular weight is 302 g/mol. The summed E-state index contributed by atoms with van der Waals surface area (Å²) in [6.45, 7) is 7.78. The zero-order valence-corrected chi connectivity index (χ0v) is 13.4. The van der Waals surface area contributed by atoms with Crippen LogP contribution in [-0.4, -0.2) is 16.5 Å². The molecule has 5 heteroatoms. The van der Waals surface area contributed by atoms with Crippen molar-refractivity contribution in [3.8, 4) is 17.0 Å². The normalized spacial score (nSPS) is 16.3. The third kappa shape index (κ3) is 2.53. The van der Waals surface area contributed by atoms with Crippen LogP contribution < -0.4 is 10.1 Å². The smallest absolute Gasteiger partial charge is 0.268 e. The Balaban J connectivity index is 1.96. The van der Waals surface area contributed by atoms with E-state index in [0.717, 1.165) is 16.3 Å². The molecule has 21 heavy (non-hydrogen) atoms. The maximum Gasteiger partial charge on any atom is 0.268 e. The second-order valence-corrected chi connectivity index (χ2v) is 6.89. The monoisotopic (exact) mass is 302 g/mol. The molecule has 1 aromatic carbocycles. The molecule has 1 N–H and O–H groups in total. The molecule has 0 fully saturated rings. The first-order valence-electron chi connectivity index (χ1n) is 6.97. The van der Waals surface area contributed by atoms with Gasteiger partial charge in [0.25, 0.3) is 5.91 Å². The fourth-order valence-corrected chi connectivity index (χ4v) is 3.00. The summed E-state index contributed by atoms with van der Waals surface area (Å²) in [7, 11) is 0. The number of ether oxygens (including phenoxy) is 1. The Morgan fingerprint density at radius 2 is 2.10 bits per heavy atom. The van der Waals surface area contributed by atoms with Crippen LogP contribution in [0.1, 0.15) is 38.6 Å². The van der Waals surface area contributed by atoms with Gasteiger partial charge in [-0.3, -0.25) is 4.79 Å². The van der Waals surface area contributed by atoms with E-state index < -0.39 is 5.60 Å². The molecule has 2 aromatic rings. The number of aromatic nitrogens is 1. The molecule has 0 saturated carbocycles. The molecule has 3 rings (SSSR count). The summed E-state index contributed by atoms with van der Waals surface area (Å²) < 4.78 is 5.74. The Labute approximate surface area is 128 Å². The fourth-order valence-electron chi connectivity index (χ4n) is 2.16. The molecular weight excluding hydrogens is 284 g/mol. The van der Waals surface area contributed by atoms with Gasteiger partial charge in [0.05, 0.1) is 16.4 Å². The van der Waals surface area contributed by atoms with Crippen LogP contribution in [0, 0.1) is 0 Å². The first-order valence-corrected chi connectivity index (χ1v) is 7.85. The second kappa shape index (κ2) is 4.84. The topological polar surface area (TPSA) is 51.2 Å². The lowest BCUT2D eigenvalue weighted by Gasteiger charge is -2.31. The Hall–Kier alpha value is -1.88. The largest absolute Gasteiger partial charge is 0.476 e. The average Bonchev–Trinajstić information content (AvgIpc) is 2.89. The van der Waals surface area contributed by atoms with Crippen molar-refractivity contribution in [2.24, 2.45) is 0 Å². The maximum absolute atomic E-state index is 12.0. The third-order valence-electron chi connectivity index (χ3n) is 3.45. The number of nitrogens with zero attached hydrogens (tertiary/aromatic N) is 1. The van der Waals surface area contributed by atoms with Gasteiger partial charge in [0.15, 0.2) is 5.60 Å². The zero-order chi connectivity index (χ0) is 15.2. The van der Waals surface area contributed by atoms with Gasteiger partial charge in [0.2, 0.25) is 0 Å². The first-order chi connectivity index (χ1) is 9.87. The van der Waals surface area contributed by atoms with Crippen LogP contribution in [0.4, 0.5) is 5.69 Å². The third-order valence-corrected chi connectivity index (χ3v) is 4.60. The maximum atomic E-state index is 12.0. The van der Waals surface area contributed by atoms with Crippen molar-refractivity contribution in [3.05, 3.63) is 28.6 Å². The molecule has 0 saturated heterocycles. The molecule has 0 spiro atoms. The van der Waals surface area contributed by atoms with E-state index in [1.807, 2.05) is 23.6 Å². The number of thiazole rings is 1. The van der Waals surface area contributed by atoms with E-state index in [9.17, 15) is 4.79 Å². The standard InChI is InChI=1S/C16H18N2O2S/c1-9(2)14-17-12(8-21-14)10-5-6-13-11(7-10)18-15(19)16(3,4)20-13/h5-9H,1-4H3,(H,18,19). The van der Waals surface area contributed by atoms with Crippen molar-refractivity contribution >= 4 is 22.9 Å². The van der Waals surface area contributed by atoms with Gasteiger partial charge in [-0.25, -0.2) is 4.98 Å². The van der Waals surface area contributed by atoms with Crippen molar-refractivity contribution < 1.29 is 9.53 Å². The molecule has 4 nitrogen and oxygen atoms in total. The quantitative estimate of drug-likeness (QED) is 0.910. The molecule has 110 valence electrons. The van der Waals surface area contributed by atoms with Crippen molar-refractivity contribution in [1.29, 1.82) is 0 Å². The lowest BCUT2D eigenvalue weighted by molar-refractivity contribution is -0.129. The highest BCUT2D eigenvalue weighted by Gasteiger charge is 2.35. The van der Waals surface area contributed by atoms with E-state index in [0.29, 0.717) is 17.4 Å². The number of carbonyl (C=O) groups excluding carboxylic acids is 1. The van der Waals surface area contributed by atoms with Crippen LogP contribution in [0.25, 0.3) is 11.3 Å². The molecule has 0 bridgehead atoms. The highest BCUT2D eigenvalue weighted by molar-refractivity contribution is 7.10. The van der Waals surface area contributed by atoms with Crippen LogP contribution >= 0.6 is 11.3 Å². The number of rotatable bonds is 2. The Morgan fingerprint density at radius 1 is 1.33 bits per heavy atom. The highest BCUT2D eigenvalue weighted by atomic mass is 32.1. The summed E-state index contributed by atoms with van der Waals surface area (Å²) in [5.41, 5.74) is 1.79. The van der Waals surface area contributed by atoms with E-state index in [1.54, 1.807) is 25.2 Å². The molecule has 0 atom stereocenters. The number of anilines is 1. The van der Waals surface area contributed by atoms with Crippen molar-refractivity contribution in [1.82, 2.24) is 4.98 Å². The summed E-state index contributed by atoms with van der Waals surface area (Å²) in [5, 5.41) is 6.06. The lowest BCUT2D eigenvalue weighted by atomic mass is 10.0. The van der Waals surface area contributed by atoms with Crippen LogP contribution in [-0.2, 0) is 4.79 Å². The van der Waals surface area contributed by atoms with E-state index >= 15 is 0 Å². The van der Waals surface area contributed by atoms with Gasteiger partial charge in [0, 0.05) is 16.9 Å². The van der Waals surface area contributed by atoms with Crippen molar-refractivity contribution in [2.75, 3.05) is 5.32 Å². The zero-order valence-electron chi connectivity index (χ0n) is 12.6. The number of hydrogen-bond acceptors (Lipinski definition) is 4. The molecule has 0 radical (unpaired) electrons. The minimum atomic E-state index is -0.833. The Kier molecular flexibility index (Phi) is 3.24. The van der Waals surface area contributed by atoms with Gasteiger partial charge in [-0.2, -0.15) is 0 Å². The van der Waals surface area contributed by atoms with Gasteiger partial charge >= 0.3 is 0 Å². The highest BCUT2D eigenvalue weighted by Crippen LogP contribution is 2.37. The van der Waals surface area contributed by atoms with E-state index in [4.69, 9.17) is 4.74 Å². The van der Waals surface area contributed by atoms with Crippen LogP contribution in [0.3, 0.4) is 0 Å². The minimum absolute atomic E-state index is 0.131. The van der Waals surface area contributed by atoms with Crippen molar-refractivity contribution in [2.45, 2.75) is 39.2 Å². The predicted molar refractivity (Wildman–Crippen MR) is 85.0 cm³/mol. The number of fused-ring (bicyclic) bond motifs is 1. The number of amides is 1. The SMILES string of the molecule is CC(C)c1nc(-c2ccc3c(c2)NC(=O)C(C)(C)O3)cs1. The molecular formula is C16H18N2O2S. The summed E-state index contributed by atoms with van der Waals surface area (Å²) in [4.78, 5) is 16.6. The van der Waals surface area contributed by atoms with E-state index in [-0.39, 0.29) is 5.91 Å². The van der Waals surface area contributed by atoms with Crippen LogP contribution in [0.15, 0.2) is 23.6 Å². The Morgan fingerprint density at radius 3 is 2.76 bits per heavy atom. The van der Waals surface area contributed by atoms with Gasteiger partial charge in [-0.05, 0) is 32.0 Å². The molecule has 0 aliphatic carbocycles. The fraction of sp³-hybridized carbons (Fsp3) is 0.375. The number of hydrogen-bond donors (Lipinski definition) is 1. The summed E-state index contributed by atoms with van der Waals surface area (Å²) in [6.07, 6.45) is 0. The number of benzene rings is 1. The molecule has 1 aromatic heterocycles. The first kappa shape index (κ1) is 14.1. The van der Waals surface area contributed by atoms with E-state index in [2.05, 4.69) is 24.1 Å². The predicted octanol–water partition coefficient (Wildman–Crippen LogP) is 4.04. The molecule has 1 aliphatic heterocycles. The van der Waals surface area contributed by atoms with Crippen LogP contribution in [0.5, 0.6) is 5.75 Å².